The second-order valence-electron chi connectivity index (χ2n) is 15.5. The Balaban J connectivity index is 0.000000225. The van der Waals surface area contributed by atoms with Crippen molar-refractivity contribution in [2.24, 2.45) is 17.8 Å². The monoisotopic (exact) mass is 804 g/mol. The summed E-state index contributed by atoms with van der Waals surface area (Å²) in [5, 5.41) is 89.2. The molecular weight excluding hydrogens is 747 g/mol. The second kappa shape index (κ2) is 21.4. The minimum atomic E-state index is -2.05. The number of anilines is 2. The van der Waals surface area contributed by atoms with Gasteiger partial charge >= 0.3 is 0 Å². The van der Waals surface area contributed by atoms with E-state index in [0.29, 0.717) is 32.1 Å². The van der Waals surface area contributed by atoms with Crippen LogP contribution in [0.2, 0.25) is 0 Å². The van der Waals surface area contributed by atoms with Crippen molar-refractivity contribution in [3.05, 3.63) is 48.5 Å². The first kappa shape index (κ1) is 44.4. The number of para-hydroxylation sites is 2. The van der Waals surface area contributed by atoms with Gasteiger partial charge in [0.2, 0.25) is 0 Å². The minimum absolute atomic E-state index is 0.0488. The van der Waals surface area contributed by atoms with Gasteiger partial charge in [-0.05, 0) is 80.5 Å². The number of hydrogen-bond acceptors (Lipinski definition) is 15. The maximum Gasteiger partial charge on any atom is 0.187 e. The molecule has 10 atom stereocenters. The molecule has 0 radical (unpaired) electrons. The summed E-state index contributed by atoms with van der Waals surface area (Å²) in [6.07, 6.45) is -6.29. The highest BCUT2D eigenvalue weighted by Crippen LogP contribution is 2.51. The van der Waals surface area contributed by atoms with Gasteiger partial charge in [-0.15, -0.1) is 0 Å². The zero-order valence-electron chi connectivity index (χ0n) is 31.6. The van der Waals surface area contributed by atoms with Gasteiger partial charge in [-0.3, -0.25) is 4.79 Å². The molecule has 7 rings (SSSR count). The van der Waals surface area contributed by atoms with Crippen LogP contribution in [0.4, 0.5) is 11.4 Å². The SMILES string of the molecule is O=C([O-])CCCCCCCC(=O)C(O)[C@@H](O)[C@H](O[C@@H]1OC(CO)[C@@H](O)[C@H](O)C1O)C(O)CO.c1ccc2c(c1)Sc1ccccc1N2CC1CC2CCC1CC2. The Morgan fingerprint density at radius 1 is 0.821 bits per heavy atom. The predicted molar refractivity (Wildman–Crippen MR) is 204 cm³/mol. The Bertz CT molecular complexity index is 1490. The number of carboxylic acid groups (broad SMARTS) is 1. The lowest BCUT2D eigenvalue weighted by molar-refractivity contribution is -0.326. The molecule has 3 aliphatic carbocycles. The summed E-state index contributed by atoms with van der Waals surface area (Å²) < 4.78 is 10.4. The lowest BCUT2D eigenvalue weighted by Crippen LogP contribution is -2.61. The Morgan fingerprint density at radius 2 is 1.41 bits per heavy atom. The van der Waals surface area contributed by atoms with E-state index >= 15 is 0 Å². The Hall–Kier alpha value is -2.67. The number of rotatable bonds is 18. The second-order valence-corrected chi connectivity index (χ2v) is 16.6. The molecule has 0 amide bonds. The average Bonchev–Trinajstić information content (AvgIpc) is 3.21. The first-order valence-corrected chi connectivity index (χ1v) is 20.7. The lowest BCUT2D eigenvalue weighted by Gasteiger charge is -2.45. The van der Waals surface area contributed by atoms with Crippen LogP contribution in [0.1, 0.15) is 77.0 Å². The van der Waals surface area contributed by atoms with Gasteiger partial charge in [-0.2, -0.15) is 0 Å². The summed E-state index contributed by atoms with van der Waals surface area (Å²) in [4.78, 5) is 28.0. The van der Waals surface area contributed by atoms with Gasteiger partial charge in [0.05, 0.1) is 24.6 Å². The number of carbonyl (C=O) groups is 2. The first-order chi connectivity index (χ1) is 26.9. The van der Waals surface area contributed by atoms with Crippen LogP contribution in [0.5, 0.6) is 0 Å². The fourth-order valence-corrected chi connectivity index (χ4v) is 9.50. The Kier molecular flexibility index (Phi) is 17.0. The molecule has 5 aliphatic rings. The molecule has 2 aromatic rings. The van der Waals surface area contributed by atoms with Gasteiger partial charge in [-0.25, -0.2) is 0 Å². The van der Waals surface area contributed by atoms with E-state index in [9.17, 15) is 55.5 Å². The van der Waals surface area contributed by atoms with Crippen LogP contribution < -0.4 is 10.0 Å². The molecule has 14 nitrogen and oxygen atoms in total. The van der Waals surface area contributed by atoms with Crippen LogP contribution in [-0.4, -0.2) is 127 Å². The van der Waals surface area contributed by atoms with Gasteiger partial charge in [0.1, 0.15) is 48.8 Å². The van der Waals surface area contributed by atoms with E-state index in [-0.39, 0.29) is 12.8 Å². The topological polar surface area (TPSA) is 241 Å². The molecular formula is C41H58NO13S-. The summed E-state index contributed by atoms with van der Waals surface area (Å²) in [7, 11) is 0. The highest BCUT2D eigenvalue weighted by molar-refractivity contribution is 7.99. The summed E-state index contributed by atoms with van der Waals surface area (Å²) in [6, 6.07) is 17.9. The number of carboxylic acids is 1. The predicted octanol–water partition coefficient (Wildman–Crippen LogP) is 1.41. The van der Waals surface area contributed by atoms with Crippen molar-refractivity contribution in [1.29, 1.82) is 0 Å². The molecule has 2 bridgehead atoms. The van der Waals surface area contributed by atoms with Gasteiger partial charge in [-0.1, -0.05) is 68.1 Å². The number of ether oxygens (including phenoxy) is 2. The van der Waals surface area contributed by atoms with Crippen molar-refractivity contribution in [2.45, 2.75) is 142 Å². The number of aliphatic carboxylic acids is 1. The van der Waals surface area contributed by atoms with Crippen LogP contribution in [0.25, 0.3) is 0 Å². The molecule has 312 valence electrons. The number of benzene rings is 2. The van der Waals surface area contributed by atoms with Crippen LogP contribution >= 0.6 is 11.8 Å². The van der Waals surface area contributed by atoms with Crippen molar-refractivity contribution < 1.29 is 65.0 Å². The maximum absolute atomic E-state index is 12.2. The molecule has 8 N–H and O–H groups in total. The highest BCUT2D eigenvalue weighted by atomic mass is 32.2. The van der Waals surface area contributed by atoms with E-state index in [0.717, 1.165) is 17.8 Å². The average molecular weight is 805 g/mol. The molecule has 4 fully saturated rings. The summed E-state index contributed by atoms with van der Waals surface area (Å²) in [6.45, 7) is -0.503. The maximum atomic E-state index is 12.2. The molecule has 2 aliphatic heterocycles. The van der Waals surface area contributed by atoms with E-state index < -0.39 is 80.1 Å². The fourth-order valence-electron chi connectivity index (χ4n) is 8.41. The number of fused-ring (bicyclic) bond motifs is 5. The van der Waals surface area contributed by atoms with Gasteiger partial charge < -0.3 is 65.1 Å². The van der Waals surface area contributed by atoms with Crippen LogP contribution in [0, 0.1) is 17.8 Å². The molecule has 1 saturated heterocycles. The van der Waals surface area contributed by atoms with Crippen molar-refractivity contribution in [2.75, 3.05) is 24.7 Å². The van der Waals surface area contributed by atoms with Crippen molar-refractivity contribution in [3.8, 4) is 0 Å². The number of carbonyl (C=O) groups excluding carboxylic acids is 2. The van der Waals surface area contributed by atoms with Gasteiger partial charge in [0.15, 0.2) is 12.1 Å². The number of Topliss-reactive ketones (excluding diaryl/α,β-unsaturated/α-hetero) is 1. The van der Waals surface area contributed by atoms with E-state index in [1.54, 1.807) is 0 Å². The zero-order chi connectivity index (χ0) is 40.4. The molecule has 3 saturated carbocycles. The van der Waals surface area contributed by atoms with E-state index in [2.05, 4.69) is 53.4 Å². The van der Waals surface area contributed by atoms with Crippen molar-refractivity contribution >= 4 is 34.9 Å². The van der Waals surface area contributed by atoms with E-state index in [1.165, 1.54) is 59.8 Å². The Morgan fingerprint density at radius 3 is 1.96 bits per heavy atom. The number of nitrogens with zero attached hydrogens (tertiary/aromatic N) is 1. The normalized spacial score (nSPS) is 28.9. The third-order valence-corrected chi connectivity index (χ3v) is 12.8. The third kappa shape index (κ3) is 11.3. The number of aliphatic hydroxyl groups is 8. The molecule has 2 aromatic carbocycles. The summed E-state index contributed by atoms with van der Waals surface area (Å²) >= 11 is 1.92. The zero-order valence-corrected chi connectivity index (χ0v) is 32.4. The van der Waals surface area contributed by atoms with Crippen LogP contribution in [0.15, 0.2) is 58.3 Å². The standard InChI is InChI=1S/C21H23NS.C20H36O13/c1-3-7-20-18(5-1)22(19-6-2-4-8-21(19)23-20)14-17-13-15-9-11-16(17)12-10-15;21-8-11(24)19(33-20-18(31)16(29)15(28)12(9-22)32-20)17(30)14(27)10(23)6-4-2-1-3-5-7-13(25)26/h1-8,15-17H,9-14H2;11-12,14-22,24,27-31H,1-9H2,(H,25,26)/p-1/t;11?,12?,14?,15-,16+,17-,18?,19-,20+/m.1/s1. The Labute approximate surface area is 332 Å². The smallest absolute Gasteiger partial charge is 0.187 e. The van der Waals surface area contributed by atoms with Gasteiger partial charge in [0, 0.05) is 28.7 Å². The summed E-state index contributed by atoms with van der Waals surface area (Å²) in [5.41, 5.74) is 2.83. The van der Waals surface area contributed by atoms with Crippen molar-refractivity contribution in [1.82, 2.24) is 0 Å². The quantitative estimate of drug-likeness (QED) is 0.0995. The van der Waals surface area contributed by atoms with Crippen LogP contribution in [0.3, 0.4) is 0 Å². The highest BCUT2D eigenvalue weighted by Gasteiger charge is 2.47. The van der Waals surface area contributed by atoms with E-state index in [4.69, 9.17) is 9.47 Å². The molecule has 56 heavy (non-hydrogen) atoms. The lowest BCUT2D eigenvalue weighted by atomic mass is 9.64. The molecule has 0 aromatic heterocycles. The number of unbranched alkanes of at least 4 members (excludes halogenated alkanes) is 4. The molecule has 5 unspecified atom stereocenters. The van der Waals surface area contributed by atoms with E-state index in [1.807, 2.05) is 11.8 Å². The molecule has 2 heterocycles. The molecule has 0 spiro atoms. The van der Waals surface area contributed by atoms with Crippen molar-refractivity contribution in [3.63, 3.8) is 0 Å². The molecule has 15 heteroatoms. The number of aliphatic hydroxyl groups excluding tert-OH is 8. The third-order valence-electron chi connectivity index (χ3n) is 11.6. The minimum Gasteiger partial charge on any atom is -0.550 e. The first-order valence-electron chi connectivity index (χ1n) is 19.9. The van der Waals surface area contributed by atoms with Crippen LogP contribution in [-0.2, 0) is 19.1 Å². The summed E-state index contributed by atoms with van der Waals surface area (Å²) in [5.74, 6) is 0.952. The number of ketones is 1. The number of hydrogen-bond donors (Lipinski definition) is 8. The fraction of sp³-hybridized carbons (Fsp3) is 0.659. The largest absolute Gasteiger partial charge is 0.550 e. The van der Waals surface area contributed by atoms with Gasteiger partial charge in [0.25, 0.3) is 0 Å².